The predicted molar refractivity (Wildman–Crippen MR) is 90.3 cm³/mol. The Morgan fingerprint density at radius 2 is 1.90 bits per heavy atom. The van der Waals surface area contributed by atoms with Gasteiger partial charge in [-0.25, -0.2) is 0 Å². The first kappa shape index (κ1) is 20.6. The van der Waals surface area contributed by atoms with E-state index in [0.29, 0.717) is 13.0 Å². The molecule has 1 heterocycles. The molecule has 1 saturated heterocycles. The highest BCUT2D eigenvalue weighted by molar-refractivity contribution is 5.85. The second-order valence-corrected chi connectivity index (χ2v) is 5.39. The molecule has 0 amide bonds. The van der Waals surface area contributed by atoms with Crippen molar-refractivity contribution in [2.24, 2.45) is 5.73 Å². The molecule has 21 heavy (non-hydrogen) atoms. The van der Waals surface area contributed by atoms with Gasteiger partial charge in [0.15, 0.2) is 0 Å². The molecule has 0 aromatic heterocycles. The predicted octanol–water partition coefficient (Wildman–Crippen LogP) is 1.22. The summed E-state index contributed by atoms with van der Waals surface area (Å²) in [4.78, 5) is 2.15. The maximum Gasteiger partial charge on any atom is 0.0821 e. The standard InChI is InChI=1S/C15H24N2O2.2ClH/c16-14(9-12-5-2-1-3-6-12)15(19)10-17-8-4-7-13(17)11-18;;/h1-3,5-6,13-15,18-19H,4,7-11,16H2;2*1H/t13-,14+,15-;;/m0../s1. The van der Waals surface area contributed by atoms with Crippen molar-refractivity contribution in [1.29, 1.82) is 0 Å². The minimum Gasteiger partial charge on any atom is -0.395 e. The number of hydrogen-bond donors (Lipinski definition) is 3. The van der Waals surface area contributed by atoms with E-state index in [0.717, 1.165) is 24.9 Å². The van der Waals surface area contributed by atoms with Crippen molar-refractivity contribution < 1.29 is 10.2 Å². The van der Waals surface area contributed by atoms with Gasteiger partial charge in [-0.3, -0.25) is 4.90 Å². The molecule has 1 aliphatic rings. The number of hydrogen-bond acceptors (Lipinski definition) is 4. The van der Waals surface area contributed by atoms with Crippen LogP contribution < -0.4 is 5.73 Å². The van der Waals surface area contributed by atoms with Gasteiger partial charge in [0.05, 0.1) is 12.7 Å². The molecule has 0 spiro atoms. The monoisotopic (exact) mass is 336 g/mol. The van der Waals surface area contributed by atoms with Crippen LogP contribution in [0.4, 0.5) is 0 Å². The molecule has 0 bridgehead atoms. The lowest BCUT2D eigenvalue weighted by molar-refractivity contribution is 0.0697. The van der Waals surface area contributed by atoms with E-state index in [1.807, 2.05) is 30.3 Å². The molecule has 1 aliphatic heterocycles. The summed E-state index contributed by atoms with van der Waals surface area (Å²) in [6.07, 6.45) is 2.23. The third kappa shape index (κ3) is 6.10. The number of benzene rings is 1. The van der Waals surface area contributed by atoms with Crippen molar-refractivity contribution in [1.82, 2.24) is 4.90 Å². The van der Waals surface area contributed by atoms with Crippen LogP contribution in [-0.4, -0.2) is 53.0 Å². The van der Waals surface area contributed by atoms with Gasteiger partial charge < -0.3 is 15.9 Å². The van der Waals surface area contributed by atoms with Crippen molar-refractivity contribution in [3.8, 4) is 0 Å². The maximum absolute atomic E-state index is 10.2. The van der Waals surface area contributed by atoms with Gasteiger partial charge >= 0.3 is 0 Å². The van der Waals surface area contributed by atoms with Crippen LogP contribution in [0, 0.1) is 0 Å². The number of rotatable bonds is 6. The van der Waals surface area contributed by atoms with Crippen molar-refractivity contribution >= 4 is 24.8 Å². The molecule has 0 saturated carbocycles. The zero-order chi connectivity index (χ0) is 13.7. The minimum absolute atomic E-state index is 0. The van der Waals surface area contributed by atoms with E-state index in [9.17, 15) is 10.2 Å². The van der Waals surface area contributed by atoms with Gasteiger partial charge in [-0.1, -0.05) is 30.3 Å². The minimum atomic E-state index is -0.549. The number of nitrogens with two attached hydrogens (primary N) is 1. The molecule has 2 rings (SSSR count). The van der Waals surface area contributed by atoms with E-state index in [1.165, 1.54) is 0 Å². The summed E-state index contributed by atoms with van der Waals surface area (Å²) in [6, 6.07) is 9.92. The highest BCUT2D eigenvalue weighted by Gasteiger charge is 2.27. The van der Waals surface area contributed by atoms with Crippen molar-refractivity contribution in [2.75, 3.05) is 19.7 Å². The van der Waals surface area contributed by atoms with Gasteiger partial charge in [0.1, 0.15) is 0 Å². The Balaban J connectivity index is 0.00000200. The van der Waals surface area contributed by atoms with Crippen LogP contribution in [0.1, 0.15) is 18.4 Å². The van der Waals surface area contributed by atoms with E-state index in [4.69, 9.17) is 5.73 Å². The van der Waals surface area contributed by atoms with Gasteiger partial charge in [0, 0.05) is 18.6 Å². The van der Waals surface area contributed by atoms with Crippen LogP contribution in [0.2, 0.25) is 0 Å². The first-order chi connectivity index (χ1) is 9.20. The number of β-amino-alcohol motifs (C(OH)–C–C–N with tert-alkyl or cyclic N) is 1. The fourth-order valence-corrected chi connectivity index (χ4v) is 2.74. The molecular weight excluding hydrogens is 311 g/mol. The van der Waals surface area contributed by atoms with E-state index < -0.39 is 6.10 Å². The Hall–Kier alpha value is -0.360. The third-order valence-corrected chi connectivity index (χ3v) is 3.94. The molecule has 4 N–H and O–H groups in total. The molecule has 0 unspecified atom stereocenters. The Bertz CT molecular complexity index is 381. The highest BCUT2D eigenvalue weighted by atomic mass is 35.5. The second kappa shape index (κ2) is 10.4. The number of likely N-dealkylation sites (tertiary alicyclic amines) is 1. The highest BCUT2D eigenvalue weighted by Crippen LogP contribution is 2.17. The molecular formula is C15H26Cl2N2O2. The lowest BCUT2D eigenvalue weighted by Gasteiger charge is -2.28. The van der Waals surface area contributed by atoms with Crippen molar-refractivity contribution in [3.05, 3.63) is 35.9 Å². The summed E-state index contributed by atoms with van der Waals surface area (Å²) in [5, 5.41) is 19.5. The molecule has 3 atom stereocenters. The number of nitrogens with zero attached hydrogens (tertiary/aromatic N) is 1. The maximum atomic E-state index is 10.2. The normalized spacial score (nSPS) is 21.2. The average molecular weight is 337 g/mol. The van der Waals surface area contributed by atoms with Gasteiger partial charge in [-0.2, -0.15) is 0 Å². The number of aliphatic hydroxyl groups excluding tert-OH is 2. The van der Waals surface area contributed by atoms with E-state index in [1.54, 1.807) is 0 Å². The van der Waals surface area contributed by atoms with Crippen LogP contribution >= 0.6 is 24.8 Å². The summed E-state index contributed by atoms with van der Waals surface area (Å²) in [6.45, 7) is 1.67. The first-order valence-corrected chi connectivity index (χ1v) is 7.03. The van der Waals surface area contributed by atoms with Gasteiger partial charge in [0.2, 0.25) is 0 Å². The Labute approximate surface area is 139 Å². The fraction of sp³-hybridized carbons (Fsp3) is 0.600. The summed E-state index contributed by atoms with van der Waals surface area (Å²) in [5.41, 5.74) is 7.22. The van der Waals surface area contributed by atoms with Crippen molar-refractivity contribution in [3.63, 3.8) is 0 Å². The zero-order valence-electron chi connectivity index (χ0n) is 12.1. The zero-order valence-corrected chi connectivity index (χ0v) is 13.7. The Morgan fingerprint density at radius 1 is 1.24 bits per heavy atom. The summed E-state index contributed by atoms with van der Waals surface area (Å²) >= 11 is 0. The van der Waals surface area contributed by atoms with E-state index in [-0.39, 0.29) is 43.5 Å². The van der Waals surface area contributed by atoms with E-state index >= 15 is 0 Å². The molecule has 0 radical (unpaired) electrons. The smallest absolute Gasteiger partial charge is 0.0821 e. The lowest BCUT2D eigenvalue weighted by atomic mass is 10.0. The fourth-order valence-electron chi connectivity index (χ4n) is 2.74. The summed E-state index contributed by atoms with van der Waals surface area (Å²) < 4.78 is 0. The van der Waals surface area contributed by atoms with Crippen LogP contribution in [0.15, 0.2) is 30.3 Å². The summed E-state index contributed by atoms with van der Waals surface area (Å²) in [5.74, 6) is 0. The van der Waals surface area contributed by atoms with Crippen LogP contribution in [0.5, 0.6) is 0 Å². The van der Waals surface area contributed by atoms with Crippen molar-refractivity contribution in [2.45, 2.75) is 37.5 Å². The molecule has 1 fully saturated rings. The van der Waals surface area contributed by atoms with Gasteiger partial charge in [0.25, 0.3) is 0 Å². The molecule has 1 aromatic carbocycles. The quantitative estimate of drug-likeness (QED) is 0.730. The van der Waals surface area contributed by atoms with Crippen LogP contribution in [-0.2, 0) is 6.42 Å². The second-order valence-electron chi connectivity index (χ2n) is 5.39. The summed E-state index contributed by atoms with van der Waals surface area (Å²) in [7, 11) is 0. The Kier molecular flexibility index (Phi) is 10.2. The number of halogens is 2. The molecule has 6 heteroatoms. The van der Waals surface area contributed by atoms with Crippen LogP contribution in [0.25, 0.3) is 0 Å². The van der Waals surface area contributed by atoms with E-state index in [2.05, 4.69) is 4.90 Å². The van der Waals surface area contributed by atoms with Crippen LogP contribution in [0.3, 0.4) is 0 Å². The molecule has 4 nitrogen and oxygen atoms in total. The Morgan fingerprint density at radius 3 is 2.52 bits per heavy atom. The molecule has 0 aliphatic carbocycles. The molecule has 1 aromatic rings. The third-order valence-electron chi connectivity index (χ3n) is 3.94. The first-order valence-electron chi connectivity index (χ1n) is 7.03. The average Bonchev–Trinajstić information content (AvgIpc) is 2.87. The molecule has 122 valence electrons. The van der Waals surface area contributed by atoms with Gasteiger partial charge in [-0.15, -0.1) is 24.8 Å². The largest absolute Gasteiger partial charge is 0.395 e. The van der Waals surface area contributed by atoms with Gasteiger partial charge in [-0.05, 0) is 31.4 Å². The topological polar surface area (TPSA) is 69.7 Å². The number of aliphatic hydroxyl groups is 2. The lowest BCUT2D eigenvalue weighted by Crippen LogP contribution is -2.46. The SMILES string of the molecule is Cl.Cl.N[C@H](Cc1ccccc1)[C@@H](O)CN1CCC[C@H]1CO.